The monoisotopic (exact) mass is 247 g/mol. The van der Waals surface area contributed by atoms with Crippen molar-refractivity contribution in [2.24, 2.45) is 7.05 Å². The van der Waals surface area contributed by atoms with Gasteiger partial charge in [-0.3, -0.25) is 4.55 Å². The van der Waals surface area contributed by atoms with Crippen LogP contribution < -0.4 is 10.3 Å². The molecular formula is C6H9N5O4S. The van der Waals surface area contributed by atoms with Crippen LogP contribution in [0.3, 0.4) is 0 Å². The average molecular weight is 247 g/mol. The Morgan fingerprint density at radius 2 is 2.12 bits per heavy atom. The summed E-state index contributed by atoms with van der Waals surface area (Å²) in [5.74, 6) is 0.499. The van der Waals surface area contributed by atoms with E-state index in [0.717, 1.165) is 11.2 Å². The number of H-pyrrole nitrogens is 1. The van der Waals surface area contributed by atoms with E-state index in [4.69, 9.17) is 23.3 Å². The van der Waals surface area contributed by atoms with Crippen molar-refractivity contribution in [3.63, 3.8) is 0 Å². The molecule has 88 valence electrons. The number of nitrogen functional groups attached to an aromatic ring is 1. The minimum atomic E-state index is -4.92. The minimum absolute atomic E-state index is 0.499. The molecule has 0 amide bonds. The quantitative estimate of drug-likeness (QED) is 0.287. The molecule has 10 heteroatoms. The van der Waals surface area contributed by atoms with Crippen molar-refractivity contribution in [2.75, 3.05) is 5.73 Å². The van der Waals surface area contributed by atoms with Crippen LogP contribution >= 0.6 is 0 Å². The third kappa shape index (κ3) is 3.42. The van der Waals surface area contributed by atoms with E-state index < -0.39 is 10.4 Å². The van der Waals surface area contributed by atoms with Crippen LogP contribution in [0.5, 0.6) is 0 Å². The van der Waals surface area contributed by atoms with Crippen LogP contribution in [0.25, 0.3) is 11.2 Å². The number of fused-ring (bicyclic) bond motifs is 1. The van der Waals surface area contributed by atoms with Gasteiger partial charge in [0.05, 0.1) is 7.05 Å². The third-order valence-electron chi connectivity index (χ3n) is 1.60. The number of aromatic nitrogens is 4. The molecule has 0 radical (unpaired) electrons. The van der Waals surface area contributed by atoms with Gasteiger partial charge >= 0.3 is 0 Å². The number of nitrogens with zero attached hydrogens (tertiary/aromatic N) is 3. The molecule has 0 aromatic carbocycles. The highest BCUT2D eigenvalue weighted by molar-refractivity contribution is 7.79. The molecular weight excluding hydrogens is 238 g/mol. The molecule has 0 bridgehead atoms. The van der Waals surface area contributed by atoms with E-state index in [2.05, 4.69) is 15.0 Å². The highest BCUT2D eigenvalue weighted by Crippen LogP contribution is 2.07. The smallest absolute Gasteiger partial charge is 0.271 e. The van der Waals surface area contributed by atoms with Gasteiger partial charge < -0.3 is 10.3 Å². The zero-order valence-corrected chi connectivity index (χ0v) is 8.97. The molecule has 2 aromatic heterocycles. The molecule has 9 nitrogen and oxygen atoms in total. The predicted octanol–water partition coefficient (Wildman–Crippen LogP) is -1.63. The van der Waals surface area contributed by atoms with Gasteiger partial charge in [0, 0.05) is 0 Å². The van der Waals surface area contributed by atoms with Gasteiger partial charge in [-0.05, 0) is 0 Å². The number of aryl methyl sites for hydroxylation is 1. The Hall–Kier alpha value is -1.78. The van der Waals surface area contributed by atoms with Crippen molar-refractivity contribution in [3.8, 4) is 0 Å². The molecule has 16 heavy (non-hydrogen) atoms. The van der Waals surface area contributed by atoms with Crippen LogP contribution in [-0.2, 0) is 17.4 Å². The lowest BCUT2D eigenvalue weighted by molar-refractivity contribution is -0.644. The first-order valence-electron chi connectivity index (χ1n) is 3.90. The Bertz CT molecular complexity index is 584. The van der Waals surface area contributed by atoms with E-state index in [1.165, 1.54) is 6.33 Å². The fourth-order valence-corrected chi connectivity index (χ4v) is 1.07. The highest BCUT2D eigenvalue weighted by atomic mass is 32.3. The summed E-state index contributed by atoms with van der Waals surface area (Å²) in [5, 5.41) is 0. The fraction of sp³-hybridized carbons (Fsp3) is 0.167. The van der Waals surface area contributed by atoms with Crippen LogP contribution in [-0.4, -0.2) is 32.5 Å². The number of anilines is 1. The summed E-state index contributed by atoms with van der Waals surface area (Å²) >= 11 is 0. The maximum Gasteiger partial charge on any atom is 0.271 e. The maximum absolute atomic E-state index is 8.63. The first kappa shape index (κ1) is 12.3. The lowest BCUT2D eigenvalue weighted by atomic mass is 10.5. The lowest BCUT2D eigenvalue weighted by Crippen LogP contribution is -2.26. The van der Waals surface area contributed by atoms with E-state index in [-0.39, 0.29) is 0 Å². The molecule has 4 N–H and O–H groups in total. The van der Waals surface area contributed by atoms with Gasteiger partial charge in [0.25, 0.3) is 5.65 Å². The molecule has 0 fully saturated rings. The SMILES string of the molecule is C[n+]1c[nH]c2ncnc(N)c21.O=S(=O)([O-])O. The lowest BCUT2D eigenvalue weighted by Gasteiger charge is -1.89. The molecule has 0 aliphatic carbocycles. The molecule has 0 spiro atoms. The Labute approximate surface area is 90.5 Å². The number of hydrogen-bond donors (Lipinski definition) is 3. The van der Waals surface area contributed by atoms with Crippen molar-refractivity contribution in [1.82, 2.24) is 15.0 Å². The van der Waals surface area contributed by atoms with Gasteiger partial charge in [-0.25, -0.2) is 23.0 Å². The van der Waals surface area contributed by atoms with Crippen molar-refractivity contribution in [1.29, 1.82) is 0 Å². The molecule has 2 aromatic rings. The van der Waals surface area contributed by atoms with Crippen molar-refractivity contribution in [2.45, 2.75) is 0 Å². The first-order chi connectivity index (χ1) is 7.29. The molecule has 0 aliphatic heterocycles. The Kier molecular flexibility index (Phi) is 3.37. The second-order valence-electron chi connectivity index (χ2n) is 2.77. The average Bonchev–Trinajstić information content (AvgIpc) is 2.46. The van der Waals surface area contributed by atoms with E-state index in [9.17, 15) is 0 Å². The summed E-state index contributed by atoms with van der Waals surface area (Å²) in [6, 6.07) is 0. The van der Waals surface area contributed by atoms with Crippen LogP contribution in [0, 0.1) is 0 Å². The van der Waals surface area contributed by atoms with E-state index in [1.54, 1.807) is 6.33 Å². The Morgan fingerprint density at radius 3 is 2.62 bits per heavy atom. The zero-order valence-electron chi connectivity index (χ0n) is 8.15. The molecule has 0 atom stereocenters. The van der Waals surface area contributed by atoms with Gasteiger partial charge in [0.1, 0.15) is 6.33 Å². The summed E-state index contributed by atoms with van der Waals surface area (Å²) in [4.78, 5) is 10.8. The van der Waals surface area contributed by atoms with Crippen molar-refractivity contribution in [3.05, 3.63) is 12.7 Å². The van der Waals surface area contributed by atoms with Gasteiger partial charge in [-0.15, -0.1) is 0 Å². The van der Waals surface area contributed by atoms with Gasteiger partial charge in [-0.2, -0.15) is 4.98 Å². The second-order valence-corrected chi connectivity index (χ2v) is 3.62. The van der Waals surface area contributed by atoms with Gasteiger partial charge in [0.2, 0.25) is 22.2 Å². The normalized spacial score (nSPS) is 10.9. The highest BCUT2D eigenvalue weighted by Gasteiger charge is 2.10. The topological polar surface area (TPSA) is 149 Å². The number of imidazole rings is 1. The van der Waals surface area contributed by atoms with E-state index in [1.807, 2.05) is 11.6 Å². The number of nitrogens with one attached hydrogen (secondary N) is 1. The molecule has 0 unspecified atom stereocenters. The third-order valence-corrected chi connectivity index (χ3v) is 1.60. The number of rotatable bonds is 0. The van der Waals surface area contributed by atoms with Crippen LogP contribution in [0.1, 0.15) is 0 Å². The standard InChI is InChI=1S/C6H7N5.H2O4S/c1-11-3-10-6-4(11)5(7)8-2-9-6;1-5(2,3)4/h2-3H,1H3,(H2,7,8,9);(H2,1,2,3,4). The van der Waals surface area contributed by atoms with Gasteiger partial charge in [-0.1, -0.05) is 0 Å². The molecule has 2 heterocycles. The van der Waals surface area contributed by atoms with Crippen LogP contribution in [0.15, 0.2) is 12.7 Å². The summed E-state index contributed by atoms with van der Waals surface area (Å²) in [6.07, 6.45) is 3.23. The molecule has 0 aliphatic rings. The Morgan fingerprint density at radius 1 is 1.56 bits per heavy atom. The molecule has 0 saturated heterocycles. The zero-order chi connectivity index (χ0) is 12.3. The first-order valence-corrected chi connectivity index (χ1v) is 5.27. The predicted molar refractivity (Wildman–Crippen MR) is 51.8 cm³/mol. The van der Waals surface area contributed by atoms with E-state index in [0.29, 0.717) is 5.82 Å². The molecule has 2 rings (SSSR count). The number of nitrogens with two attached hydrogens (primary N) is 1. The summed E-state index contributed by atoms with van der Waals surface area (Å²) in [6.45, 7) is 0. The minimum Gasteiger partial charge on any atom is -0.726 e. The number of hydrogen-bond acceptors (Lipinski definition) is 6. The fourth-order valence-electron chi connectivity index (χ4n) is 1.07. The summed E-state index contributed by atoms with van der Waals surface area (Å²) in [5.41, 5.74) is 7.21. The van der Waals surface area contributed by atoms with Gasteiger partial charge in [0.15, 0.2) is 5.82 Å². The second kappa shape index (κ2) is 4.38. The largest absolute Gasteiger partial charge is 0.726 e. The van der Waals surface area contributed by atoms with Crippen molar-refractivity contribution < 1.29 is 22.1 Å². The summed E-state index contributed by atoms with van der Waals surface area (Å²) < 4.78 is 34.7. The maximum atomic E-state index is 8.63. The Balaban J connectivity index is 0.000000221. The number of aromatic amines is 1. The summed E-state index contributed by atoms with van der Waals surface area (Å²) in [7, 11) is -3.03. The van der Waals surface area contributed by atoms with Crippen molar-refractivity contribution >= 4 is 27.4 Å². The van der Waals surface area contributed by atoms with E-state index >= 15 is 0 Å². The van der Waals surface area contributed by atoms with Crippen LogP contribution in [0.4, 0.5) is 5.82 Å². The van der Waals surface area contributed by atoms with Crippen LogP contribution in [0.2, 0.25) is 0 Å². The molecule has 0 saturated carbocycles.